The molecule has 2 rings (SSSR count). The second kappa shape index (κ2) is 5.93. The predicted molar refractivity (Wildman–Crippen MR) is 73.7 cm³/mol. The molecule has 3 N–H and O–H groups in total. The number of benzene rings is 1. The van der Waals surface area contributed by atoms with Gasteiger partial charge in [0, 0.05) is 18.7 Å². The number of likely N-dealkylation sites (tertiary alicyclic amines) is 1. The summed E-state index contributed by atoms with van der Waals surface area (Å²) in [6, 6.07) is 4.85. The van der Waals surface area contributed by atoms with Crippen LogP contribution in [0, 0.1) is 12.8 Å². The Morgan fingerprint density at radius 1 is 1.43 bits per heavy atom. The topological polar surface area (TPSA) is 58.4 Å². The number of hydrogen-bond acceptors (Lipinski definition) is 3. The summed E-state index contributed by atoms with van der Waals surface area (Å²) in [5.41, 5.74) is 4.33. The monoisotopic (exact) mass is 301 g/mol. The van der Waals surface area contributed by atoms with Crippen molar-refractivity contribution in [1.82, 2.24) is 4.90 Å². The second-order valence-electron chi connectivity index (χ2n) is 5.31. The summed E-state index contributed by atoms with van der Waals surface area (Å²) in [4.78, 5) is 13.6. The number of hydrogen-bond donors (Lipinski definition) is 2. The molecule has 0 radical (unpaired) electrons. The lowest BCUT2D eigenvalue weighted by atomic mass is 9.96. The highest BCUT2D eigenvalue weighted by Gasteiger charge is 2.42. The zero-order valence-corrected chi connectivity index (χ0v) is 11.7. The highest BCUT2D eigenvalue weighted by atomic mass is 19.4. The molecule has 1 fully saturated rings. The highest BCUT2D eigenvalue weighted by molar-refractivity contribution is 5.95. The number of nitrogens with one attached hydrogen (secondary N) is 1. The number of hydrazine groups is 1. The van der Waals surface area contributed by atoms with Crippen molar-refractivity contribution < 1.29 is 18.0 Å². The molecule has 21 heavy (non-hydrogen) atoms. The molecule has 1 aromatic carbocycles. The Labute approximate surface area is 121 Å². The van der Waals surface area contributed by atoms with Crippen LogP contribution in [0.1, 0.15) is 28.8 Å². The van der Waals surface area contributed by atoms with Crippen molar-refractivity contribution in [3.63, 3.8) is 0 Å². The van der Waals surface area contributed by atoms with Gasteiger partial charge in [-0.2, -0.15) is 13.2 Å². The molecule has 1 aliphatic rings. The summed E-state index contributed by atoms with van der Waals surface area (Å²) in [6.45, 7) is 1.88. The van der Waals surface area contributed by atoms with Crippen LogP contribution in [0.5, 0.6) is 0 Å². The fraction of sp³-hybridized carbons (Fsp3) is 0.500. The molecule has 7 heteroatoms. The number of anilines is 1. The molecule has 4 nitrogen and oxygen atoms in total. The smallest absolute Gasteiger partial charge is 0.338 e. The molecule has 1 aromatic rings. The zero-order chi connectivity index (χ0) is 15.6. The largest absolute Gasteiger partial charge is 0.393 e. The van der Waals surface area contributed by atoms with Gasteiger partial charge < -0.3 is 10.3 Å². The van der Waals surface area contributed by atoms with Crippen LogP contribution >= 0.6 is 0 Å². The normalized spacial score (nSPS) is 19.5. The number of amides is 1. The van der Waals surface area contributed by atoms with Crippen molar-refractivity contribution in [3.05, 3.63) is 29.3 Å². The first-order valence-corrected chi connectivity index (χ1v) is 6.76. The van der Waals surface area contributed by atoms with Crippen molar-refractivity contribution >= 4 is 11.6 Å². The second-order valence-corrected chi connectivity index (χ2v) is 5.31. The summed E-state index contributed by atoms with van der Waals surface area (Å²) in [5, 5.41) is 0. The SMILES string of the molecule is Cc1cc(C(=O)N2CCCC(C(F)(F)F)C2)ccc1NN. The van der Waals surface area contributed by atoms with Gasteiger partial charge in [-0.15, -0.1) is 0 Å². The third-order valence-corrected chi connectivity index (χ3v) is 3.80. The van der Waals surface area contributed by atoms with Gasteiger partial charge in [0.2, 0.25) is 0 Å². The number of piperidine rings is 1. The van der Waals surface area contributed by atoms with E-state index in [1.807, 2.05) is 0 Å². The molecule has 0 aromatic heterocycles. The quantitative estimate of drug-likeness (QED) is 0.652. The lowest BCUT2D eigenvalue weighted by Gasteiger charge is -2.33. The third kappa shape index (κ3) is 3.47. The molecule has 0 spiro atoms. The van der Waals surface area contributed by atoms with Crippen LogP contribution in [0.25, 0.3) is 0 Å². The van der Waals surface area contributed by atoms with E-state index in [1.165, 1.54) is 4.90 Å². The standard InChI is InChI=1S/C14H18F3N3O/c1-9-7-10(4-5-12(9)19-18)13(21)20-6-2-3-11(8-20)14(15,16)17/h4-5,7,11,19H,2-3,6,8,18H2,1H3. The third-order valence-electron chi connectivity index (χ3n) is 3.80. The van der Waals surface area contributed by atoms with Gasteiger partial charge in [-0.3, -0.25) is 10.6 Å². The molecule has 1 heterocycles. The van der Waals surface area contributed by atoms with Crippen LogP contribution in [0.4, 0.5) is 18.9 Å². The van der Waals surface area contributed by atoms with Gasteiger partial charge in [0.25, 0.3) is 5.91 Å². The molecular weight excluding hydrogens is 283 g/mol. The number of carbonyl (C=O) groups excluding carboxylic acids is 1. The Bertz CT molecular complexity index is 531. The van der Waals surface area contributed by atoms with Gasteiger partial charge in [-0.1, -0.05) is 0 Å². The number of alkyl halides is 3. The van der Waals surface area contributed by atoms with E-state index in [1.54, 1.807) is 25.1 Å². The average molecular weight is 301 g/mol. The number of nitrogen functional groups attached to an aromatic ring is 1. The van der Waals surface area contributed by atoms with E-state index in [0.717, 1.165) is 5.56 Å². The van der Waals surface area contributed by atoms with Crippen molar-refractivity contribution in [2.45, 2.75) is 25.9 Å². The van der Waals surface area contributed by atoms with E-state index in [2.05, 4.69) is 5.43 Å². The Balaban J connectivity index is 2.14. The highest BCUT2D eigenvalue weighted by Crippen LogP contribution is 2.33. The Hall–Kier alpha value is -1.76. The fourth-order valence-electron chi connectivity index (χ4n) is 2.57. The van der Waals surface area contributed by atoms with Gasteiger partial charge in [-0.05, 0) is 43.5 Å². The van der Waals surface area contributed by atoms with Crippen LogP contribution in [0.15, 0.2) is 18.2 Å². The molecule has 1 unspecified atom stereocenters. The van der Waals surface area contributed by atoms with E-state index in [9.17, 15) is 18.0 Å². The van der Waals surface area contributed by atoms with Gasteiger partial charge in [0.05, 0.1) is 11.6 Å². The molecular formula is C14H18F3N3O. The maximum atomic E-state index is 12.8. The molecule has 0 bridgehead atoms. The molecule has 1 atom stereocenters. The molecule has 0 saturated carbocycles. The van der Waals surface area contributed by atoms with E-state index in [4.69, 9.17) is 5.84 Å². The average Bonchev–Trinajstić information content (AvgIpc) is 2.45. The first-order valence-electron chi connectivity index (χ1n) is 6.76. The maximum Gasteiger partial charge on any atom is 0.393 e. The summed E-state index contributed by atoms with van der Waals surface area (Å²) >= 11 is 0. The van der Waals surface area contributed by atoms with Gasteiger partial charge >= 0.3 is 6.18 Å². The summed E-state index contributed by atoms with van der Waals surface area (Å²) < 4.78 is 38.3. The van der Waals surface area contributed by atoms with E-state index in [0.29, 0.717) is 24.2 Å². The number of nitrogens with zero attached hydrogens (tertiary/aromatic N) is 1. The number of carbonyl (C=O) groups is 1. The minimum atomic E-state index is -4.25. The van der Waals surface area contributed by atoms with Crippen LogP contribution in [-0.4, -0.2) is 30.1 Å². The van der Waals surface area contributed by atoms with Crippen LogP contribution < -0.4 is 11.3 Å². The molecule has 116 valence electrons. The number of nitrogens with two attached hydrogens (primary N) is 1. The fourth-order valence-corrected chi connectivity index (χ4v) is 2.57. The lowest BCUT2D eigenvalue weighted by Crippen LogP contribution is -2.44. The maximum absolute atomic E-state index is 12.8. The predicted octanol–water partition coefficient (Wildman–Crippen LogP) is 2.70. The zero-order valence-electron chi connectivity index (χ0n) is 11.7. The van der Waals surface area contributed by atoms with Crippen LogP contribution in [-0.2, 0) is 0 Å². The molecule has 1 amide bonds. The van der Waals surface area contributed by atoms with Crippen molar-refractivity contribution in [3.8, 4) is 0 Å². The molecule has 1 aliphatic heterocycles. The number of rotatable bonds is 2. The van der Waals surface area contributed by atoms with Crippen LogP contribution in [0.2, 0.25) is 0 Å². The minimum Gasteiger partial charge on any atom is -0.338 e. The Kier molecular flexibility index (Phi) is 4.41. The van der Waals surface area contributed by atoms with Crippen molar-refractivity contribution in [2.24, 2.45) is 11.8 Å². The minimum absolute atomic E-state index is 0.0857. The Morgan fingerprint density at radius 3 is 2.71 bits per heavy atom. The lowest BCUT2D eigenvalue weighted by molar-refractivity contribution is -0.184. The van der Waals surface area contributed by atoms with Crippen molar-refractivity contribution in [1.29, 1.82) is 0 Å². The van der Waals surface area contributed by atoms with Gasteiger partial charge in [0.1, 0.15) is 0 Å². The van der Waals surface area contributed by atoms with E-state index >= 15 is 0 Å². The molecule has 1 saturated heterocycles. The van der Waals surface area contributed by atoms with E-state index in [-0.39, 0.29) is 18.9 Å². The first-order chi connectivity index (χ1) is 9.82. The summed E-state index contributed by atoms with van der Waals surface area (Å²) in [6.07, 6.45) is -3.79. The summed E-state index contributed by atoms with van der Waals surface area (Å²) in [7, 11) is 0. The van der Waals surface area contributed by atoms with Crippen molar-refractivity contribution in [2.75, 3.05) is 18.5 Å². The van der Waals surface area contributed by atoms with Crippen LogP contribution in [0.3, 0.4) is 0 Å². The first kappa shape index (κ1) is 15.6. The van der Waals surface area contributed by atoms with Gasteiger partial charge in [-0.25, -0.2) is 0 Å². The molecule has 0 aliphatic carbocycles. The number of halogens is 3. The van der Waals surface area contributed by atoms with Gasteiger partial charge in [0.15, 0.2) is 0 Å². The van der Waals surface area contributed by atoms with E-state index < -0.39 is 12.1 Å². The summed E-state index contributed by atoms with van der Waals surface area (Å²) in [5.74, 6) is 3.52. The Morgan fingerprint density at radius 2 is 2.14 bits per heavy atom. The number of aryl methyl sites for hydroxylation is 1.